The summed E-state index contributed by atoms with van der Waals surface area (Å²) in [5.74, 6) is -0.781. The van der Waals surface area contributed by atoms with Crippen molar-refractivity contribution < 1.29 is 9.18 Å². The summed E-state index contributed by atoms with van der Waals surface area (Å²) in [6.07, 6.45) is 0.395. The number of nitrogens with one attached hydrogen (secondary N) is 2. The number of H-pyrrole nitrogens is 1. The van der Waals surface area contributed by atoms with Crippen LogP contribution in [-0.2, 0) is 6.42 Å². The summed E-state index contributed by atoms with van der Waals surface area (Å²) in [6, 6.07) is 11.8. The SMILES string of the molecule is O=C(c1cc(Cc2n[nH]c(=O)c3ccccc23)ccc1F)N1CC2(CNC2)C1. The lowest BCUT2D eigenvalue weighted by atomic mass is 9.74. The van der Waals surface area contributed by atoms with Crippen LogP contribution in [0.15, 0.2) is 47.3 Å². The zero-order valence-corrected chi connectivity index (χ0v) is 15.2. The molecule has 7 heteroatoms. The number of likely N-dealkylation sites (tertiary alicyclic amines) is 1. The summed E-state index contributed by atoms with van der Waals surface area (Å²) in [5.41, 5.74) is 1.50. The highest BCUT2D eigenvalue weighted by Crippen LogP contribution is 2.35. The highest BCUT2D eigenvalue weighted by Gasteiger charge is 2.49. The number of amides is 1. The molecule has 28 heavy (non-hydrogen) atoms. The Balaban J connectivity index is 1.43. The van der Waals surface area contributed by atoms with E-state index < -0.39 is 5.82 Å². The molecule has 1 spiro atoms. The van der Waals surface area contributed by atoms with Crippen LogP contribution >= 0.6 is 0 Å². The van der Waals surface area contributed by atoms with Crippen molar-refractivity contribution >= 4 is 16.7 Å². The molecule has 1 amide bonds. The molecule has 0 radical (unpaired) electrons. The molecule has 0 saturated carbocycles. The molecule has 0 unspecified atom stereocenters. The van der Waals surface area contributed by atoms with Gasteiger partial charge in [-0.1, -0.05) is 24.3 Å². The van der Waals surface area contributed by atoms with Crippen molar-refractivity contribution in [3.8, 4) is 0 Å². The van der Waals surface area contributed by atoms with Crippen molar-refractivity contribution in [3.63, 3.8) is 0 Å². The number of rotatable bonds is 3. The minimum absolute atomic E-state index is 0.0911. The van der Waals surface area contributed by atoms with E-state index in [2.05, 4.69) is 15.5 Å². The van der Waals surface area contributed by atoms with Crippen molar-refractivity contribution in [2.45, 2.75) is 6.42 Å². The minimum Gasteiger partial charge on any atom is -0.337 e. The molecule has 2 aliphatic rings. The Morgan fingerprint density at radius 2 is 1.89 bits per heavy atom. The first-order chi connectivity index (χ1) is 13.5. The number of benzene rings is 2. The van der Waals surface area contributed by atoms with Crippen molar-refractivity contribution in [2.75, 3.05) is 26.2 Å². The third-order valence-corrected chi connectivity index (χ3v) is 5.75. The topological polar surface area (TPSA) is 78.1 Å². The smallest absolute Gasteiger partial charge is 0.272 e. The van der Waals surface area contributed by atoms with Crippen LogP contribution in [0.25, 0.3) is 10.8 Å². The van der Waals surface area contributed by atoms with Gasteiger partial charge in [0.1, 0.15) is 5.82 Å². The molecule has 142 valence electrons. The maximum Gasteiger partial charge on any atom is 0.272 e. The number of hydrogen-bond donors (Lipinski definition) is 2. The van der Waals surface area contributed by atoms with E-state index in [-0.39, 0.29) is 22.4 Å². The van der Waals surface area contributed by atoms with E-state index in [4.69, 9.17) is 0 Å². The zero-order valence-electron chi connectivity index (χ0n) is 15.2. The first-order valence-electron chi connectivity index (χ1n) is 9.29. The van der Waals surface area contributed by atoms with E-state index in [0.717, 1.165) is 24.0 Å². The van der Waals surface area contributed by atoms with Gasteiger partial charge in [0.2, 0.25) is 0 Å². The van der Waals surface area contributed by atoms with Gasteiger partial charge in [0.15, 0.2) is 0 Å². The summed E-state index contributed by atoms with van der Waals surface area (Å²) in [4.78, 5) is 26.4. The molecular weight excluding hydrogens is 359 g/mol. The summed E-state index contributed by atoms with van der Waals surface area (Å²) in [6.45, 7) is 3.19. The van der Waals surface area contributed by atoms with Crippen molar-refractivity contribution in [1.29, 1.82) is 0 Å². The Kier molecular flexibility index (Phi) is 3.80. The molecule has 5 rings (SSSR count). The number of hydrogen-bond acceptors (Lipinski definition) is 4. The van der Waals surface area contributed by atoms with Crippen molar-refractivity contribution in [3.05, 3.63) is 75.5 Å². The molecule has 6 nitrogen and oxygen atoms in total. The van der Waals surface area contributed by atoms with Gasteiger partial charge < -0.3 is 10.2 Å². The van der Waals surface area contributed by atoms with Gasteiger partial charge in [-0.05, 0) is 23.8 Å². The third kappa shape index (κ3) is 2.70. The lowest BCUT2D eigenvalue weighted by Gasteiger charge is -2.56. The molecule has 0 bridgehead atoms. The van der Waals surface area contributed by atoms with E-state index in [9.17, 15) is 14.0 Å². The molecule has 0 atom stereocenters. The van der Waals surface area contributed by atoms with Crippen LogP contribution < -0.4 is 10.9 Å². The third-order valence-electron chi connectivity index (χ3n) is 5.75. The van der Waals surface area contributed by atoms with Gasteiger partial charge in [0.05, 0.1) is 16.6 Å². The molecule has 2 aromatic carbocycles. The highest BCUT2D eigenvalue weighted by atomic mass is 19.1. The van der Waals surface area contributed by atoms with E-state index in [1.165, 1.54) is 6.07 Å². The maximum atomic E-state index is 14.4. The number of fused-ring (bicyclic) bond motifs is 1. The van der Waals surface area contributed by atoms with Gasteiger partial charge in [0.25, 0.3) is 11.5 Å². The summed E-state index contributed by atoms with van der Waals surface area (Å²) in [5, 5.41) is 11.2. The average molecular weight is 378 g/mol. The molecule has 3 heterocycles. The average Bonchev–Trinajstić information content (AvgIpc) is 2.63. The predicted octanol–water partition coefficient (Wildman–Crippen LogP) is 1.70. The fourth-order valence-electron chi connectivity index (χ4n) is 4.13. The normalized spacial score (nSPS) is 17.4. The minimum atomic E-state index is -0.513. The zero-order chi connectivity index (χ0) is 19.3. The van der Waals surface area contributed by atoms with Crippen LogP contribution in [0.5, 0.6) is 0 Å². The number of aromatic amines is 1. The van der Waals surface area contributed by atoms with E-state index in [0.29, 0.717) is 30.6 Å². The molecule has 2 fully saturated rings. The second-order valence-corrected chi connectivity index (χ2v) is 7.80. The molecular formula is C21H19FN4O2. The molecule has 2 aliphatic heterocycles. The van der Waals surface area contributed by atoms with Gasteiger partial charge in [-0.25, -0.2) is 9.49 Å². The second-order valence-electron chi connectivity index (χ2n) is 7.80. The Morgan fingerprint density at radius 3 is 2.61 bits per heavy atom. The van der Waals surface area contributed by atoms with Crippen molar-refractivity contribution in [1.82, 2.24) is 20.4 Å². The Hall–Kier alpha value is -3.06. The van der Waals surface area contributed by atoms with Gasteiger partial charge in [-0.15, -0.1) is 0 Å². The van der Waals surface area contributed by atoms with Crippen LogP contribution in [0.2, 0.25) is 0 Å². The Morgan fingerprint density at radius 1 is 1.14 bits per heavy atom. The molecule has 1 aromatic heterocycles. The number of carbonyl (C=O) groups is 1. The monoisotopic (exact) mass is 378 g/mol. The maximum absolute atomic E-state index is 14.4. The number of nitrogens with zero attached hydrogens (tertiary/aromatic N) is 2. The van der Waals surface area contributed by atoms with Gasteiger partial charge in [0, 0.05) is 43.4 Å². The second kappa shape index (κ2) is 6.24. The van der Waals surface area contributed by atoms with Gasteiger partial charge in [-0.2, -0.15) is 5.10 Å². The van der Waals surface area contributed by atoms with Gasteiger partial charge >= 0.3 is 0 Å². The van der Waals surface area contributed by atoms with E-state index >= 15 is 0 Å². The van der Waals surface area contributed by atoms with Crippen LogP contribution in [0.3, 0.4) is 0 Å². The summed E-state index contributed by atoms with van der Waals surface area (Å²) >= 11 is 0. The summed E-state index contributed by atoms with van der Waals surface area (Å²) in [7, 11) is 0. The molecule has 0 aliphatic carbocycles. The Bertz CT molecular complexity index is 1140. The van der Waals surface area contributed by atoms with Crippen molar-refractivity contribution in [2.24, 2.45) is 5.41 Å². The van der Waals surface area contributed by atoms with Crippen LogP contribution in [0, 0.1) is 11.2 Å². The van der Waals surface area contributed by atoms with E-state index in [1.807, 2.05) is 12.1 Å². The standard InChI is InChI=1S/C21H19FN4O2/c22-17-6-5-13(7-16(17)20(28)26-11-21(12-26)9-23-10-21)8-18-14-3-1-2-4-15(14)19(27)25-24-18/h1-7,23H,8-12H2,(H,25,27). The first-order valence-corrected chi connectivity index (χ1v) is 9.29. The first kappa shape index (κ1) is 17.1. The number of carbonyl (C=O) groups excluding carboxylic acids is 1. The number of aromatic nitrogens is 2. The van der Waals surface area contributed by atoms with E-state index in [1.54, 1.807) is 29.2 Å². The van der Waals surface area contributed by atoms with Crippen LogP contribution in [0.4, 0.5) is 4.39 Å². The lowest BCUT2D eigenvalue weighted by molar-refractivity contribution is -0.0250. The van der Waals surface area contributed by atoms with Gasteiger partial charge in [-0.3, -0.25) is 9.59 Å². The Labute approximate surface area is 160 Å². The molecule has 3 aromatic rings. The highest BCUT2D eigenvalue weighted by molar-refractivity contribution is 5.95. The predicted molar refractivity (Wildman–Crippen MR) is 103 cm³/mol. The van der Waals surface area contributed by atoms with Crippen LogP contribution in [-0.4, -0.2) is 47.2 Å². The number of halogens is 1. The molecule has 2 N–H and O–H groups in total. The fourth-order valence-corrected chi connectivity index (χ4v) is 4.13. The molecule has 2 saturated heterocycles. The largest absolute Gasteiger partial charge is 0.337 e. The lowest BCUT2D eigenvalue weighted by Crippen LogP contribution is -2.71. The van der Waals surface area contributed by atoms with Crippen LogP contribution in [0.1, 0.15) is 21.6 Å². The fraction of sp³-hybridized carbons (Fsp3) is 0.286. The summed E-state index contributed by atoms with van der Waals surface area (Å²) < 4.78 is 14.4. The quantitative estimate of drug-likeness (QED) is 0.727.